The predicted octanol–water partition coefficient (Wildman–Crippen LogP) is 3.28. The lowest BCUT2D eigenvalue weighted by Crippen LogP contribution is -2.62. The fraction of sp³-hybridized carbons (Fsp3) is 0.475. The van der Waals surface area contributed by atoms with E-state index in [1.54, 1.807) is 21.9 Å². The molecule has 6 heterocycles. The zero-order valence-corrected chi connectivity index (χ0v) is 34.3. The summed E-state index contributed by atoms with van der Waals surface area (Å²) in [6.07, 6.45) is -1.05. The summed E-state index contributed by atoms with van der Waals surface area (Å²) < 4.78 is 42.6. The Labute approximate surface area is 354 Å². The molecule has 17 nitrogen and oxygen atoms in total. The highest BCUT2D eigenvalue weighted by Crippen LogP contribution is 2.36. The molecule has 1 aromatic carbocycles. The number of anilines is 2. The fourth-order valence-corrected chi connectivity index (χ4v) is 8.51. The Morgan fingerprint density at radius 1 is 1.02 bits per heavy atom. The van der Waals surface area contributed by atoms with Crippen LogP contribution in [0.25, 0.3) is 11.4 Å². The van der Waals surface area contributed by atoms with Crippen LogP contribution in [0.4, 0.5) is 24.5 Å². The number of piperidine rings is 1. The van der Waals surface area contributed by atoms with Gasteiger partial charge < -0.3 is 46.1 Å². The maximum atomic E-state index is 14.0. The van der Waals surface area contributed by atoms with E-state index in [4.69, 9.17) is 17.3 Å². The summed E-state index contributed by atoms with van der Waals surface area (Å²) in [5.74, 6) is -1.70. The second-order valence-corrected chi connectivity index (χ2v) is 16.6. The third-order valence-corrected chi connectivity index (χ3v) is 11.9. The predicted molar refractivity (Wildman–Crippen MR) is 219 cm³/mol. The molecule has 4 aromatic rings. The van der Waals surface area contributed by atoms with Gasteiger partial charge in [0.05, 0.1) is 47.8 Å². The molecule has 3 saturated heterocycles. The second-order valence-electron chi connectivity index (χ2n) is 16.2. The van der Waals surface area contributed by atoms with Crippen LogP contribution in [-0.2, 0) is 22.2 Å². The molecule has 0 saturated carbocycles. The van der Waals surface area contributed by atoms with Gasteiger partial charge in [0, 0.05) is 106 Å². The molecular weight excluding hydrogens is 821 g/mol. The summed E-state index contributed by atoms with van der Waals surface area (Å²) in [5.41, 5.74) is 6.05. The number of hydrogen-bond donors (Lipinski definition) is 7. The van der Waals surface area contributed by atoms with Crippen LogP contribution in [0.5, 0.6) is 0 Å². The van der Waals surface area contributed by atoms with E-state index in [1.807, 2.05) is 6.92 Å². The van der Waals surface area contributed by atoms with E-state index < -0.39 is 23.7 Å². The number of nitrogens with zero attached hydrogens (tertiary/aromatic N) is 6. The van der Waals surface area contributed by atoms with Gasteiger partial charge in [-0.25, -0.2) is 9.78 Å². The highest BCUT2D eigenvalue weighted by Gasteiger charge is 2.42. The van der Waals surface area contributed by atoms with Crippen molar-refractivity contribution in [2.24, 2.45) is 17.6 Å². The van der Waals surface area contributed by atoms with Gasteiger partial charge in [0.1, 0.15) is 11.4 Å². The van der Waals surface area contributed by atoms with Crippen molar-refractivity contribution in [2.45, 2.75) is 38.4 Å². The van der Waals surface area contributed by atoms with Gasteiger partial charge in [-0.1, -0.05) is 11.6 Å². The number of carbonyl (C=O) groups excluding carboxylic acids is 3. The van der Waals surface area contributed by atoms with Gasteiger partial charge in [-0.15, -0.1) is 0 Å². The van der Waals surface area contributed by atoms with E-state index in [-0.39, 0.29) is 81.5 Å². The van der Waals surface area contributed by atoms with Gasteiger partial charge in [-0.05, 0) is 37.3 Å². The average Bonchev–Trinajstić information content (AvgIpc) is 3.87. The minimum atomic E-state index is -4.75. The molecule has 0 aliphatic carbocycles. The van der Waals surface area contributed by atoms with Crippen molar-refractivity contribution in [3.05, 3.63) is 76.1 Å². The van der Waals surface area contributed by atoms with Gasteiger partial charge in [0.2, 0.25) is 5.91 Å². The minimum Gasteiger partial charge on any atom is -0.477 e. The van der Waals surface area contributed by atoms with Crippen molar-refractivity contribution in [3.8, 4) is 11.4 Å². The number of quaternary nitrogens is 1. The quantitative estimate of drug-likeness (QED) is 0.0911. The van der Waals surface area contributed by atoms with Crippen molar-refractivity contribution in [1.29, 1.82) is 0 Å². The smallest absolute Gasteiger partial charge is 0.433 e. The summed E-state index contributed by atoms with van der Waals surface area (Å²) >= 11 is 6.55. The molecule has 0 spiro atoms. The Kier molecular flexibility index (Phi) is 13.0. The fourth-order valence-electron chi connectivity index (χ4n) is 8.25. The Morgan fingerprint density at radius 2 is 1.72 bits per heavy atom. The Hall–Kier alpha value is -5.57. The standard InChI is InChI=1S/C40H48ClF3N12O5/c1-23(45)16-47-27-3-5-32(48-19-27)34-30(35(53-52-34)40(42,43)44)14-28-20-49-36(50-28)37(59)51-26-2-4-29(31(41)15-26)39(61)55-10-8-54(9-11-55)38(60)25-6-12-56(13-7-25,22-33(57)58)21-24-17-46-18-24/h2-5,15,19-20,23-25,46H,6-14,16-18,21-22,45H2,1H3,(H4-,47,48,49,50,51,52,53,57,58,59,61)/p+1/t23-,25?,56?/m0/s1. The summed E-state index contributed by atoms with van der Waals surface area (Å²) in [6.45, 7) is 7.59. The van der Waals surface area contributed by atoms with Crippen LogP contribution in [0, 0.1) is 11.8 Å². The first-order valence-corrected chi connectivity index (χ1v) is 20.6. The van der Waals surface area contributed by atoms with E-state index in [0.29, 0.717) is 74.7 Å². The van der Waals surface area contributed by atoms with Gasteiger partial charge in [-0.2, -0.15) is 18.3 Å². The number of nitrogens with one attached hydrogen (secondary N) is 5. The Balaban J connectivity index is 0.926. The van der Waals surface area contributed by atoms with E-state index in [1.165, 1.54) is 30.6 Å². The van der Waals surface area contributed by atoms with Crippen LogP contribution in [0.15, 0.2) is 42.7 Å². The molecule has 3 fully saturated rings. The summed E-state index contributed by atoms with van der Waals surface area (Å²) in [4.78, 5) is 66.5. The normalized spacial score (nSPS) is 20.2. The molecule has 61 heavy (non-hydrogen) atoms. The molecule has 7 rings (SSSR count). The molecule has 0 unspecified atom stereocenters. The van der Waals surface area contributed by atoms with Gasteiger partial charge in [0.15, 0.2) is 12.4 Å². The number of likely N-dealkylation sites (tertiary alicyclic amines) is 1. The molecule has 8 N–H and O–H groups in total. The lowest BCUT2D eigenvalue weighted by atomic mass is 9.90. The average molecular weight is 870 g/mol. The van der Waals surface area contributed by atoms with E-state index >= 15 is 0 Å². The van der Waals surface area contributed by atoms with Crippen molar-refractivity contribution < 1.29 is 41.9 Å². The molecule has 3 amide bonds. The van der Waals surface area contributed by atoms with Crippen molar-refractivity contribution >= 4 is 46.7 Å². The molecule has 0 radical (unpaired) electrons. The number of aromatic nitrogens is 5. The topological polar surface area (TPSA) is 227 Å². The number of piperazine rings is 1. The number of alkyl halides is 3. The van der Waals surface area contributed by atoms with Crippen LogP contribution >= 0.6 is 11.6 Å². The number of carboxylic acid groups (broad SMARTS) is 1. The van der Waals surface area contributed by atoms with E-state index in [9.17, 15) is 37.5 Å². The first-order chi connectivity index (χ1) is 29.1. The van der Waals surface area contributed by atoms with Crippen molar-refractivity contribution in [2.75, 3.05) is 82.6 Å². The number of carbonyl (C=O) groups is 4. The number of benzene rings is 1. The number of hydrogen-bond acceptors (Lipinski definition) is 10. The lowest BCUT2D eigenvalue weighted by Gasteiger charge is -2.46. The monoisotopic (exact) mass is 869 g/mol. The number of amides is 3. The summed E-state index contributed by atoms with van der Waals surface area (Å²) in [5, 5.41) is 24.7. The summed E-state index contributed by atoms with van der Waals surface area (Å²) in [7, 11) is 0. The number of carboxylic acids is 1. The van der Waals surface area contributed by atoms with Crippen LogP contribution in [0.1, 0.15) is 57.7 Å². The third kappa shape index (κ3) is 10.3. The van der Waals surface area contributed by atoms with Crippen LogP contribution in [0.2, 0.25) is 5.02 Å². The number of rotatable bonds is 14. The Morgan fingerprint density at radius 3 is 2.33 bits per heavy atom. The molecule has 326 valence electrons. The number of aromatic amines is 2. The number of nitrogens with two attached hydrogens (primary N) is 1. The summed E-state index contributed by atoms with van der Waals surface area (Å²) in [6, 6.07) is 7.51. The SMILES string of the molecule is C[C@H](N)CNc1ccc(-c2n[nH]c(C(F)(F)F)c2Cc2cnc(C(=O)Nc3ccc(C(=O)N4CCN(C(=O)C5CC[N+](CC(=O)O)(CC6CNC6)CC5)CC4)c(Cl)c3)[nH]2)nc1. The molecule has 1 atom stereocenters. The number of aliphatic carboxylic acids is 1. The molecule has 3 aliphatic heterocycles. The van der Waals surface area contributed by atoms with Gasteiger partial charge in [-0.3, -0.25) is 24.5 Å². The first-order valence-electron chi connectivity index (χ1n) is 20.2. The molecule has 3 aromatic heterocycles. The van der Waals surface area contributed by atoms with Crippen molar-refractivity contribution in [1.82, 2.24) is 40.3 Å². The molecule has 3 aliphatic rings. The maximum absolute atomic E-state index is 14.0. The molecule has 21 heteroatoms. The van der Waals surface area contributed by atoms with Crippen molar-refractivity contribution in [3.63, 3.8) is 0 Å². The zero-order valence-electron chi connectivity index (χ0n) is 33.5. The number of halogens is 4. The Bertz CT molecular complexity index is 2230. The number of pyridine rings is 1. The van der Waals surface area contributed by atoms with Gasteiger partial charge >= 0.3 is 12.1 Å². The first kappa shape index (κ1) is 43.5. The van der Waals surface area contributed by atoms with Crippen LogP contribution in [-0.4, -0.2) is 146 Å². The lowest BCUT2D eigenvalue weighted by molar-refractivity contribution is -0.929. The number of H-pyrrole nitrogens is 2. The minimum absolute atomic E-state index is 0.00962. The molecule has 0 bridgehead atoms. The number of imidazole rings is 1. The zero-order chi connectivity index (χ0) is 43.5. The highest BCUT2D eigenvalue weighted by atomic mass is 35.5. The third-order valence-electron chi connectivity index (χ3n) is 11.6. The largest absolute Gasteiger partial charge is 0.477 e. The maximum Gasteiger partial charge on any atom is 0.433 e. The second kappa shape index (κ2) is 18.2. The molecular formula is C40H49ClF3N12O5+. The van der Waals surface area contributed by atoms with E-state index in [0.717, 1.165) is 19.6 Å². The van der Waals surface area contributed by atoms with Crippen LogP contribution in [0.3, 0.4) is 0 Å². The van der Waals surface area contributed by atoms with Gasteiger partial charge in [0.25, 0.3) is 11.8 Å². The van der Waals surface area contributed by atoms with Crippen LogP contribution < -0.4 is 21.7 Å². The van der Waals surface area contributed by atoms with E-state index in [2.05, 4.69) is 41.1 Å². The highest BCUT2D eigenvalue weighted by molar-refractivity contribution is 6.34.